The molecular weight excluding hydrogens is 540 g/mol. The fourth-order valence-corrected chi connectivity index (χ4v) is 6.94. The molecule has 3 unspecified atom stereocenters. The molecule has 2 saturated heterocycles. The van der Waals surface area contributed by atoms with Crippen LogP contribution in [0.15, 0.2) is 36.4 Å². The first-order chi connectivity index (χ1) is 17.2. The first-order valence-electron chi connectivity index (χ1n) is 12.4. The van der Waals surface area contributed by atoms with Crippen molar-refractivity contribution < 1.29 is 9.59 Å². The maximum absolute atomic E-state index is 13.6. The van der Waals surface area contributed by atoms with Crippen LogP contribution in [0.3, 0.4) is 0 Å². The van der Waals surface area contributed by atoms with Crippen molar-refractivity contribution in [2.24, 2.45) is 0 Å². The highest BCUT2D eigenvalue weighted by molar-refractivity contribution is 6.35. The quantitative estimate of drug-likeness (QED) is 0.443. The van der Waals surface area contributed by atoms with E-state index in [-0.39, 0.29) is 24.3 Å². The number of rotatable bonds is 7. The molecule has 9 heteroatoms. The van der Waals surface area contributed by atoms with E-state index in [1.165, 1.54) is 12.8 Å². The van der Waals surface area contributed by atoms with Gasteiger partial charge in [0.25, 0.3) is 0 Å². The topological polar surface area (TPSA) is 61.4 Å². The van der Waals surface area contributed by atoms with E-state index >= 15 is 0 Å². The molecule has 0 spiro atoms. The third-order valence-electron chi connectivity index (χ3n) is 8.14. The van der Waals surface area contributed by atoms with Crippen molar-refractivity contribution in [3.63, 3.8) is 0 Å². The van der Waals surface area contributed by atoms with Gasteiger partial charge >= 0.3 is 0 Å². The molecule has 2 bridgehead atoms. The predicted octanol–water partition coefficient (Wildman–Crippen LogP) is 5.80. The molecule has 3 fully saturated rings. The standard InChI is InChI=1S/C27H29Cl4N3O2/c1-34-19-5-6-20(34)14-18(13-19)32-25(35)24(10-15-2-3-16(28)11-22(15)30)33-26(36)27(8-9-27)21-7-4-17(29)12-23(21)31/h2-4,7,11-12,18-20,24H,5-6,8-10,13-14H2,1H3,(H,32,35)(H,33,36). The molecule has 2 N–H and O–H groups in total. The summed E-state index contributed by atoms with van der Waals surface area (Å²) >= 11 is 25.0. The van der Waals surface area contributed by atoms with Gasteiger partial charge in [-0.25, -0.2) is 0 Å². The van der Waals surface area contributed by atoms with E-state index in [1.807, 2.05) is 0 Å². The molecule has 3 atom stereocenters. The Morgan fingerprint density at radius 3 is 2.17 bits per heavy atom. The third kappa shape index (κ3) is 5.23. The Labute approximate surface area is 231 Å². The zero-order valence-corrected chi connectivity index (χ0v) is 23.0. The summed E-state index contributed by atoms with van der Waals surface area (Å²) in [5, 5.41) is 8.23. The number of amides is 2. The Morgan fingerprint density at radius 1 is 0.972 bits per heavy atom. The average Bonchev–Trinajstić information content (AvgIpc) is 3.59. The second-order valence-corrected chi connectivity index (χ2v) is 12.1. The molecule has 5 rings (SSSR count). The minimum absolute atomic E-state index is 0.0897. The number of nitrogens with zero attached hydrogens (tertiary/aromatic N) is 1. The number of fused-ring (bicyclic) bond motifs is 2. The van der Waals surface area contributed by atoms with E-state index in [2.05, 4.69) is 22.6 Å². The van der Waals surface area contributed by atoms with Gasteiger partial charge in [-0.3, -0.25) is 9.59 Å². The molecule has 2 amide bonds. The van der Waals surface area contributed by atoms with Crippen LogP contribution in [0.2, 0.25) is 20.1 Å². The maximum atomic E-state index is 13.6. The lowest BCUT2D eigenvalue weighted by Crippen LogP contribution is -2.55. The Morgan fingerprint density at radius 2 is 1.58 bits per heavy atom. The third-order valence-corrected chi connectivity index (χ3v) is 9.27. The van der Waals surface area contributed by atoms with Crippen LogP contribution in [0.1, 0.15) is 49.7 Å². The van der Waals surface area contributed by atoms with Gasteiger partial charge in [0.05, 0.1) is 5.41 Å². The summed E-state index contributed by atoms with van der Waals surface area (Å²) in [7, 11) is 2.17. The van der Waals surface area contributed by atoms with Crippen molar-refractivity contribution in [1.29, 1.82) is 0 Å². The molecule has 5 nitrogen and oxygen atoms in total. The summed E-state index contributed by atoms with van der Waals surface area (Å²) in [5.74, 6) is -0.401. The summed E-state index contributed by atoms with van der Waals surface area (Å²) in [6.07, 6.45) is 5.76. The molecule has 0 aromatic heterocycles. The van der Waals surface area contributed by atoms with E-state index in [4.69, 9.17) is 46.4 Å². The second-order valence-electron chi connectivity index (χ2n) is 10.4. The van der Waals surface area contributed by atoms with Crippen LogP contribution in [-0.4, -0.2) is 47.9 Å². The molecule has 2 heterocycles. The van der Waals surface area contributed by atoms with Crippen molar-refractivity contribution in [1.82, 2.24) is 15.5 Å². The number of benzene rings is 2. The van der Waals surface area contributed by atoms with Crippen LogP contribution < -0.4 is 10.6 Å². The number of piperidine rings is 1. The van der Waals surface area contributed by atoms with E-state index < -0.39 is 11.5 Å². The van der Waals surface area contributed by atoms with Crippen molar-refractivity contribution >= 4 is 58.2 Å². The minimum atomic E-state index is -0.781. The van der Waals surface area contributed by atoms with Gasteiger partial charge in [0.1, 0.15) is 6.04 Å². The number of hydrogen-bond donors (Lipinski definition) is 2. The van der Waals surface area contributed by atoms with Gasteiger partial charge in [0.2, 0.25) is 11.8 Å². The van der Waals surface area contributed by atoms with E-state index in [0.717, 1.165) is 24.0 Å². The summed E-state index contributed by atoms with van der Waals surface area (Å²) < 4.78 is 0. The van der Waals surface area contributed by atoms with Crippen LogP contribution >= 0.6 is 46.4 Å². The van der Waals surface area contributed by atoms with Crippen LogP contribution in [0.25, 0.3) is 0 Å². The molecular formula is C27H29Cl4N3O2. The fraction of sp³-hybridized carbons (Fsp3) is 0.481. The highest BCUT2D eigenvalue weighted by atomic mass is 35.5. The van der Waals surface area contributed by atoms with Gasteiger partial charge < -0.3 is 15.5 Å². The normalized spacial score (nSPS) is 25.3. The van der Waals surface area contributed by atoms with Crippen LogP contribution in [-0.2, 0) is 21.4 Å². The SMILES string of the molecule is CN1C2CCC1CC(NC(=O)C(Cc1ccc(Cl)cc1Cl)NC(=O)C1(c3ccc(Cl)cc3Cl)CC1)C2. The summed E-state index contributed by atoms with van der Waals surface area (Å²) in [5.41, 5.74) is 0.734. The van der Waals surface area contributed by atoms with E-state index in [0.29, 0.717) is 45.0 Å². The van der Waals surface area contributed by atoms with Crippen molar-refractivity contribution in [3.05, 3.63) is 67.6 Å². The van der Waals surface area contributed by atoms with Crippen molar-refractivity contribution in [3.8, 4) is 0 Å². The Bertz CT molecular complexity index is 1170. The summed E-state index contributed by atoms with van der Waals surface area (Å²) in [6.45, 7) is 0. The first kappa shape index (κ1) is 26.1. The highest BCUT2D eigenvalue weighted by Crippen LogP contribution is 2.51. The number of carbonyl (C=O) groups excluding carboxylic acids is 2. The van der Waals surface area contributed by atoms with Gasteiger partial charge in [-0.05, 0) is 81.0 Å². The number of hydrogen-bond acceptors (Lipinski definition) is 3. The Kier molecular flexibility index (Phi) is 7.50. The average molecular weight is 569 g/mol. The van der Waals surface area contributed by atoms with Gasteiger partial charge in [0.15, 0.2) is 0 Å². The lowest BCUT2D eigenvalue weighted by molar-refractivity contribution is -0.130. The monoisotopic (exact) mass is 567 g/mol. The van der Waals surface area contributed by atoms with Crippen LogP contribution in [0.4, 0.5) is 0 Å². The number of nitrogens with one attached hydrogen (secondary N) is 2. The van der Waals surface area contributed by atoms with E-state index in [1.54, 1.807) is 36.4 Å². The molecule has 36 heavy (non-hydrogen) atoms. The molecule has 192 valence electrons. The van der Waals surface area contributed by atoms with Gasteiger partial charge in [-0.2, -0.15) is 0 Å². The molecule has 2 aromatic carbocycles. The van der Waals surface area contributed by atoms with E-state index in [9.17, 15) is 9.59 Å². The number of carbonyl (C=O) groups is 2. The lowest BCUT2D eigenvalue weighted by Gasteiger charge is -2.37. The van der Waals surface area contributed by atoms with Crippen LogP contribution in [0, 0.1) is 0 Å². The molecule has 3 aliphatic rings. The van der Waals surface area contributed by atoms with Gasteiger partial charge in [0, 0.05) is 44.6 Å². The summed E-state index contributed by atoms with van der Waals surface area (Å²) in [6, 6.07) is 10.7. The second kappa shape index (κ2) is 10.3. The fourth-order valence-electron chi connectivity index (χ4n) is 5.87. The largest absolute Gasteiger partial charge is 0.351 e. The van der Waals surface area contributed by atoms with Crippen molar-refractivity contribution in [2.45, 2.75) is 74.5 Å². The van der Waals surface area contributed by atoms with Crippen LogP contribution in [0.5, 0.6) is 0 Å². The van der Waals surface area contributed by atoms with Gasteiger partial charge in [-0.15, -0.1) is 0 Å². The zero-order valence-electron chi connectivity index (χ0n) is 20.0. The lowest BCUT2D eigenvalue weighted by atomic mass is 9.93. The summed E-state index contributed by atoms with van der Waals surface area (Å²) in [4.78, 5) is 29.6. The molecule has 2 aliphatic heterocycles. The minimum Gasteiger partial charge on any atom is -0.351 e. The molecule has 0 radical (unpaired) electrons. The highest BCUT2D eigenvalue weighted by Gasteiger charge is 2.53. The van der Waals surface area contributed by atoms with Gasteiger partial charge in [-0.1, -0.05) is 58.5 Å². The predicted molar refractivity (Wildman–Crippen MR) is 145 cm³/mol. The smallest absolute Gasteiger partial charge is 0.243 e. The van der Waals surface area contributed by atoms with Crippen molar-refractivity contribution in [2.75, 3.05) is 7.05 Å². The maximum Gasteiger partial charge on any atom is 0.243 e. The Hall–Kier alpha value is -1.50. The number of halogens is 4. The molecule has 1 aliphatic carbocycles. The first-order valence-corrected chi connectivity index (χ1v) is 13.9. The zero-order chi connectivity index (χ0) is 25.6. The Balaban J connectivity index is 1.36. The molecule has 2 aromatic rings. The molecule has 1 saturated carbocycles.